The van der Waals surface area contributed by atoms with Gasteiger partial charge in [-0.25, -0.2) is 0 Å². The first kappa shape index (κ1) is 14.4. The fourth-order valence-corrected chi connectivity index (χ4v) is 3.74. The summed E-state index contributed by atoms with van der Waals surface area (Å²) in [5.74, 6) is -0.801. The van der Waals surface area contributed by atoms with Crippen molar-refractivity contribution in [3.63, 3.8) is 0 Å². The van der Waals surface area contributed by atoms with Crippen LogP contribution >= 0.6 is 27.3 Å². The van der Waals surface area contributed by atoms with E-state index in [9.17, 15) is 14.7 Å². The van der Waals surface area contributed by atoms with E-state index < -0.39 is 11.5 Å². The monoisotopic (exact) mass is 365 g/mol. The van der Waals surface area contributed by atoms with Crippen molar-refractivity contribution in [1.29, 1.82) is 0 Å². The van der Waals surface area contributed by atoms with Crippen molar-refractivity contribution >= 4 is 44.6 Å². The first-order valence-electron chi connectivity index (χ1n) is 6.33. The molecule has 2 N–H and O–H groups in total. The number of thiophene rings is 1. The topological polar surface area (TPSA) is 66.4 Å². The summed E-state index contributed by atoms with van der Waals surface area (Å²) >= 11 is 4.59. The van der Waals surface area contributed by atoms with Crippen molar-refractivity contribution in [3.05, 3.63) is 50.1 Å². The summed E-state index contributed by atoms with van der Waals surface area (Å²) in [6.07, 6.45) is -0.262. The number of nitrogens with one attached hydrogen (secondary N) is 1. The minimum atomic E-state index is -1.80. The van der Waals surface area contributed by atoms with Crippen molar-refractivity contribution < 1.29 is 14.7 Å². The highest BCUT2D eigenvalue weighted by molar-refractivity contribution is 9.11. The molecule has 21 heavy (non-hydrogen) atoms. The van der Waals surface area contributed by atoms with Gasteiger partial charge in [-0.3, -0.25) is 9.59 Å². The van der Waals surface area contributed by atoms with Crippen LogP contribution in [0.25, 0.3) is 0 Å². The summed E-state index contributed by atoms with van der Waals surface area (Å²) in [4.78, 5) is 24.9. The van der Waals surface area contributed by atoms with Gasteiger partial charge in [-0.1, -0.05) is 17.7 Å². The molecule has 1 aliphatic rings. The minimum absolute atomic E-state index is 0.252. The Bertz CT molecular complexity index is 755. The third-order valence-electron chi connectivity index (χ3n) is 3.51. The zero-order valence-electron chi connectivity index (χ0n) is 11.1. The van der Waals surface area contributed by atoms with Gasteiger partial charge in [0.1, 0.15) is 0 Å². The molecule has 2 heterocycles. The normalized spacial score (nSPS) is 20.2. The van der Waals surface area contributed by atoms with E-state index in [0.717, 1.165) is 9.35 Å². The second kappa shape index (κ2) is 5.05. The lowest BCUT2D eigenvalue weighted by Crippen LogP contribution is -2.36. The summed E-state index contributed by atoms with van der Waals surface area (Å²) in [7, 11) is 0. The van der Waals surface area contributed by atoms with E-state index >= 15 is 0 Å². The molecule has 108 valence electrons. The molecule has 3 rings (SSSR count). The van der Waals surface area contributed by atoms with Gasteiger partial charge in [0.15, 0.2) is 11.4 Å². The van der Waals surface area contributed by atoms with Crippen molar-refractivity contribution in [2.45, 2.75) is 18.9 Å². The number of rotatable bonds is 3. The second-order valence-electron chi connectivity index (χ2n) is 5.07. The molecule has 0 bridgehead atoms. The summed E-state index contributed by atoms with van der Waals surface area (Å²) in [5, 5.41) is 13.4. The fourth-order valence-electron chi connectivity index (χ4n) is 2.42. The molecule has 0 saturated carbocycles. The van der Waals surface area contributed by atoms with E-state index in [4.69, 9.17) is 0 Å². The maximum Gasteiger partial charge on any atom is 0.261 e. The molecule has 4 nitrogen and oxygen atoms in total. The fraction of sp³-hybridized carbons (Fsp3) is 0.200. The lowest BCUT2D eigenvalue weighted by molar-refractivity contribution is -0.133. The Morgan fingerprint density at radius 3 is 2.81 bits per heavy atom. The van der Waals surface area contributed by atoms with Crippen LogP contribution < -0.4 is 5.32 Å². The Morgan fingerprint density at radius 2 is 2.14 bits per heavy atom. The molecule has 0 saturated heterocycles. The first-order chi connectivity index (χ1) is 9.90. The number of fused-ring (bicyclic) bond motifs is 1. The Morgan fingerprint density at radius 1 is 1.38 bits per heavy atom. The SMILES string of the molecule is Cc1ccc2c(c1)C(O)(CC(=O)c1ccc(Br)s1)C(=O)N2. The zero-order chi connectivity index (χ0) is 15.2. The summed E-state index contributed by atoms with van der Waals surface area (Å²) in [6.45, 7) is 1.88. The van der Waals surface area contributed by atoms with Gasteiger partial charge in [-0.05, 0) is 41.1 Å². The van der Waals surface area contributed by atoms with Gasteiger partial charge in [-0.15, -0.1) is 11.3 Å². The highest BCUT2D eigenvalue weighted by atomic mass is 79.9. The molecule has 1 aromatic heterocycles. The van der Waals surface area contributed by atoms with Crippen LogP contribution in [0.15, 0.2) is 34.1 Å². The summed E-state index contributed by atoms with van der Waals surface area (Å²) < 4.78 is 0.838. The van der Waals surface area contributed by atoms with Gasteiger partial charge in [0, 0.05) is 11.3 Å². The number of halogens is 1. The van der Waals surface area contributed by atoms with Gasteiger partial charge < -0.3 is 10.4 Å². The van der Waals surface area contributed by atoms with Crippen molar-refractivity contribution in [2.75, 3.05) is 5.32 Å². The van der Waals surface area contributed by atoms with E-state index in [-0.39, 0.29) is 12.2 Å². The number of carbonyl (C=O) groups is 2. The Labute approximate surface area is 133 Å². The maximum absolute atomic E-state index is 12.3. The van der Waals surface area contributed by atoms with Crippen LogP contribution in [0.5, 0.6) is 0 Å². The molecule has 1 aromatic carbocycles. The smallest absolute Gasteiger partial charge is 0.261 e. The van der Waals surface area contributed by atoms with E-state index in [2.05, 4.69) is 21.2 Å². The Kier molecular flexibility index (Phi) is 3.47. The second-order valence-corrected chi connectivity index (χ2v) is 7.53. The average molecular weight is 366 g/mol. The standard InChI is InChI=1S/C15H12BrNO3S/c1-8-2-3-10-9(6-8)15(20,14(19)17-10)7-11(18)12-4-5-13(16)21-12/h2-6,20H,7H2,1H3,(H,17,19). The number of anilines is 1. The van der Waals surface area contributed by atoms with Gasteiger partial charge in [0.05, 0.1) is 15.1 Å². The molecule has 0 radical (unpaired) electrons. The molecule has 2 aromatic rings. The van der Waals surface area contributed by atoms with Crippen LogP contribution in [0.4, 0.5) is 5.69 Å². The molecule has 0 fully saturated rings. The number of hydrogen-bond acceptors (Lipinski definition) is 4. The molecule has 1 atom stereocenters. The summed E-state index contributed by atoms with van der Waals surface area (Å²) in [6, 6.07) is 8.79. The number of benzene rings is 1. The van der Waals surface area contributed by atoms with E-state index in [1.54, 1.807) is 24.3 Å². The van der Waals surface area contributed by atoms with E-state index in [0.29, 0.717) is 16.1 Å². The third-order valence-corrected chi connectivity index (χ3v) is 5.17. The number of ketones is 1. The molecule has 1 aliphatic heterocycles. The quantitative estimate of drug-likeness (QED) is 0.820. The van der Waals surface area contributed by atoms with E-state index in [1.165, 1.54) is 11.3 Å². The van der Waals surface area contributed by atoms with Gasteiger partial charge >= 0.3 is 0 Å². The number of amides is 1. The molecule has 0 spiro atoms. The lowest BCUT2D eigenvalue weighted by Gasteiger charge is -2.19. The van der Waals surface area contributed by atoms with Crippen molar-refractivity contribution in [1.82, 2.24) is 0 Å². The van der Waals surface area contributed by atoms with Gasteiger partial charge in [0.2, 0.25) is 0 Å². The van der Waals surface area contributed by atoms with Crippen LogP contribution in [0.2, 0.25) is 0 Å². The van der Waals surface area contributed by atoms with E-state index in [1.807, 2.05) is 13.0 Å². The largest absolute Gasteiger partial charge is 0.375 e. The highest BCUT2D eigenvalue weighted by Crippen LogP contribution is 2.40. The van der Waals surface area contributed by atoms with Crippen LogP contribution in [0, 0.1) is 6.92 Å². The number of Topliss-reactive ketones (excluding diaryl/α,β-unsaturated/α-hetero) is 1. The van der Waals surface area contributed by atoms with Gasteiger partial charge in [0.25, 0.3) is 5.91 Å². The Balaban J connectivity index is 1.96. The minimum Gasteiger partial charge on any atom is -0.375 e. The number of aryl methyl sites for hydroxylation is 1. The van der Waals surface area contributed by atoms with Crippen LogP contribution in [0.1, 0.15) is 27.2 Å². The zero-order valence-corrected chi connectivity index (χ0v) is 13.5. The molecular weight excluding hydrogens is 354 g/mol. The lowest BCUT2D eigenvalue weighted by atomic mass is 9.89. The van der Waals surface area contributed by atoms with Crippen LogP contribution in [-0.4, -0.2) is 16.8 Å². The van der Waals surface area contributed by atoms with Crippen LogP contribution in [0.3, 0.4) is 0 Å². The Hall–Kier alpha value is -1.50. The molecule has 6 heteroatoms. The molecular formula is C15H12BrNO3S. The van der Waals surface area contributed by atoms with Crippen molar-refractivity contribution in [2.24, 2.45) is 0 Å². The predicted octanol–water partition coefficient (Wildman–Crippen LogP) is 3.23. The highest BCUT2D eigenvalue weighted by Gasteiger charge is 2.46. The number of hydrogen-bond donors (Lipinski definition) is 2. The van der Waals surface area contributed by atoms with Gasteiger partial charge in [-0.2, -0.15) is 0 Å². The third kappa shape index (κ3) is 2.43. The van der Waals surface area contributed by atoms with Crippen molar-refractivity contribution in [3.8, 4) is 0 Å². The first-order valence-corrected chi connectivity index (χ1v) is 7.94. The number of aliphatic hydroxyl groups is 1. The summed E-state index contributed by atoms with van der Waals surface area (Å²) in [5.41, 5.74) is 0.161. The molecule has 1 unspecified atom stereocenters. The van der Waals surface area contributed by atoms with Crippen LogP contribution in [-0.2, 0) is 10.4 Å². The molecule has 0 aliphatic carbocycles. The average Bonchev–Trinajstić information content (AvgIpc) is 2.95. The number of carbonyl (C=O) groups excluding carboxylic acids is 2. The molecule has 1 amide bonds. The maximum atomic E-state index is 12.3. The predicted molar refractivity (Wildman–Crippen MR) is 84.7 cm³/mol.